The van der Waals surface area contributed by atoms with Gasteiger partial charge in [0.15, 0.2) is 0 Å². The molecule has 0 spiro atoms. The summed E-state index contributed by atoms with van der Waals surface area (Å²) >= 11 is 4.09. The molecule has 5 fully saturated rings. The van der Waals surface area contributed by atoms with Crippen LogP contribution in [0.1, 0.15) is 56.1 Å². The van der Waals surface area contributed by atoms with Gasteiger partial charge in [-0.2, -0.15) is 0 Å². The van der Waals surface area contributed by atoms with Crippen LogP contribution in [0.15, 0.2) is 18.2 Å². The van der Waals surface area contributed by atoms with Gasteiger partial charge in [-0.1, -0.05) is 28.1 Å². The Bertz CT molecular complexity index is 769. The lowest BCUT2D eigenvalue weighted by molar-refractivity contribution is -0.138. The predicted octanol–water partition coefficient (Wildman–Crippen LogP) is 5.08. The smallest absolute Gasteiger partial charge is 0.223 e. The molecule has 1 aliphatic heterocycles. The highest BCUT2D eigenvalue weighted by atomic mass is 79.9. The first kappa shape index (κ1) is 19.0. The van der Waals surface area contributed by atoms with Gasteiger partial charge >= 0.3 is 0 Å². The number of aryl methyl sites for hydroxylation is 1. The van der Waals surface area contributed by atoms with Crippen LogP contribution in [0.3, 0.4) is 0 Å². The monoisotopic (exact) mass is 444 g/mol. The summed E-state index contributed by atoms with van der Waals surface area (Å²) < 4.78 is 0.346. The van der Waals surface area contributed by atoms with Crippen LogP contribution >= 0.6 is 15.9 Å². The van der Waals surface area contributed by atoms with Crippen molar-refractivity contribution < 1.29 is 4.79 Å². The Labute approximate surface area is 178 Å². The molecule has 4 saturated carbocycles. The Morgan fingerprint density at radius 1 is 1.07 bits per heavy atom. The Balaban J connectivity index is 1.23. The van der Waals surface area contributed by atoms with Crippen LogP contribution in [0.4, 0.5) is 5.69 Å². The predicted molar refractivity (Wildman–Crippen MR) is 118 cm³/mol. The van der Waals surface area contributed by atoms with Crippen LogP contribution in [-0.2, 0) is 4.79 Å². The zero-order chi connectivity index (χ0) is 19.5. The molecule has 0 radical (unpaired) electrons. The van der Waals surface area contributed by atoms with E-state index in [0.717, 1.165) is 44.4 Å². The number of nitrogens with zero attached hydrogens (tertiary/aromatic N) is 2. The van der Waals surface area contributed by atoms with Gasteiger partial charge in [0.1, 0.15) is 0 Å². The third-order valence-corrected chi connectivity index (χ3v) is 9.11. The molecule has 1 aromatic carbocycles. The maximum Gasteiger partial charge on any atom is 0.223 e. The Hall–Kier alpha value is -1.03. The van der Waals surface area contributed by atoms with Gasteiger partial charge in [0, 0.05) is 42.6 Å². The van der Waals surface area contributed by atoms with E-state index in [4.69, 9.17) is 0 Å². The van der Waals surface area contributed by atoms with E-state index in [0.29, 0.717) is 10.2 Å². The van der Waals surface area contributed by atoms with Crippen LogP contribution in [0.25, 0.3) is 0 Å². The summed E-state index contributed by atoms with van der Waals surface area (Å²) in [6.45, 7) is 8.04. The fraction of sp³-hybridized carbons (Fsp3) is 0.708. The number of piperazine rings is 1. The summed E-state index contributed by atoms with van der Waals surface area (Å²) in [7, 11) is 0. The minimum Gasteiger partial charge on any atom is -0.368 e. The Morgan fingerprint density at radius 3 is 2.39 bits per heavy atom. The molecule has 4 heteroatoms. The highest BCUT2D eigenvalue weighted by molar-refractivity contribution is 9.10. The lowest BCUT2D eigenvalue weighted by atomic mass is 9.48. The molecule has 1 aromatic rings. The molecule has 0 aromatic heterocycles. The normalized spacial score (nSPS) is 36.8. The number of amides is 1. The first-order valence-electron chi connectivity index (χ1n) is 11.1. The lowest BCUT2D eigenvalue weighted by Crippen LogP contribution is -2.55. The number of benzene rings is 1. The number of alkyl halides is 1. The summed E-state index contributed by atoms with van der Waals surface area (Å²) in [4.78, 5) is 17.9. The summed E-state index contributed by atoms with van der Waals surface area (Å²) in [5.41, 5.74) is 4.35. The van der Waals surface area contributed by atoms with Gasteiger partial charge in [-0.15, -0.1) is 0 Å². The number of hydrogen-bond donors (Lipinski definition) is 0. The standard InChI is InChI=1S/C24H33BrN2O/c1-17-4-3-5-21(18(17)2)26-6-8-27(9-7-26)22(28)15-23-11-19-10-20(12-23)14-24(25,13-19)16-23/h3-5,19-20H,6-16H2,1-2H3/t19-,20+,23?,24?. The summed E-state index contributed by atoms with van der Waals surface area (Å²) in [6, 6.07) is 6.56. The van der Waals surface area contributed by atoms with Crippen molar-refractivity contribution in [3.05, 3.63) is 29.3 Å². The number of halogens is 1. The Morgan fingerprint density at radius 2 is 1.75 bits per heavy atom. The zero-order valence-electron chi connectivity index (χ0n) is 17.3. The fourth-order valence-corrected chi connectivity index (χ4v) is 8.76. The number of anilines is 1. The van der Waals surface area contributed by atoms with Gasteiger partial charge < -0.3 is 9.80 Å². The summed E-state index contributed by atoms with van der Waals surface area (Å²) in [5.74, 6) is 2.13. The minimum absolute atomic E-state index is 0.287. The molecule has 1 heterocycles. The van der Waals surface area contributed by atoms with Gasteiger partial charge in [0.05, 0.1) is 0 Å². The van der Waals surface area contributed by atoms with Crippen LogP contribution in [0.2, 0.25) is 0 Å². The van der Waals surface area contributed by atoms with Crippen molar-refractivity contribution in [2.24, 2.45) is 17.3 Å². The molecule has 2 unspecified atom stereocenters. The van der Waals surface area contributed by atoms with Gasteiger partial charge in [0.2, 0.25) is 5.91 Å². The molecule has 4 aliphatic carbocycles. The van der Waals surface area contributed by atoms with E-state index in [1.807, 2.05) is 0 Å². The van der Waals surface area contributed by atoms with Gasteiger partial charge in [-0.25, -0.2) is 0 Å². The Kier molecular flexibility index (Phi) is 4.57. The van der Waals surface area contributed by atoms with Crippen molar-refractivity contribution in [2.45, 2.75) is 63.1 Å². The van der Waals surface area contributed by atoms with Gasteiger partial charge in [-0.3, -0.25) is 4.79 Å². The SMILES string of the molecule is Cc1cccc(N2CCN(C(=O)CC34C[C@@H]5C[C@@H](CC(Br)(C5)C3)C4)CC2)c1C. The maximum atomic E-state index is 13.2. The molecule has 4 atom stereocenters. The topological polar surface area (TPSA) is 23.6 Å². The van der Waals surface area contributed by atoms with E-state index < -0.39 is 0 Å². The van der Waals surface area contributed by atoms with Crippen molar-refractivity contribution in [1.29, 1.82) is 0 Å². The summed E-state index contributed by atoms with van der Waals surface area (Å²) in [5, 5.41) is 0. The zero-order valence-corrected chi connectivity index (χ0v) is 18.9. The molecular formula is C24H33BrN2O. The number of rotatable bonds is 3. The van der Waals surface area contributed by atoms with Crippen LogP contribution in [-0.4, -0.2) is 41.3 Å². The molecule has 28 heavy (non-hydrogen) atoms. The molecule has 5 aliphatic rings. The summed E-state index contributed by atoms with van der Waals surface area (Å²) in [6.07, 6.45) is 8.70. The van der Waals surface area contributed by atoms with E-state index in [1.54, 1.807) is 0 Å². The quantitative estimate of drug-likeness (QED) is 0.606. The first-order chi connectivity index (χ1) is 13.3. The minimum atomic E-state index is 0.287. The lowest BCUT2D eigenvalue weighted by Gasteiger charge is -2.60. The van der Waals surface area contributed by atoms with Crippen molar-refractivity contribution >= 4 is 27.5 Å². The van der Waals surface area contributed by atoms with E-state index in [9.17, 15) is 4.79 Å². The molecule has 6 rings (SSSR count). The molecule has 152 valence electrons. The molecule has 1 saturated heterocycles. The first-order valence-corrected chi connectivity index (χ1v) is 11.9. The molecule has 1 amide bonds. The second-order valence-corrected chi connectivity index (χ2v) is 12.1. The fourth-order valence-electron chi connectivity index (χ4n) is 7.25. The van der Waals surface area contributed by atoms with Crippen molar-refractivity contribution in [3.63, 3.8) is 0 Å². The second kappa shape index (κ2) is 6.75. The van der Waals surface area contributed by atoms with Crippen molar-refractivity contribution in [3.8, 4) is 0 Å². The highest BCUT2D eigenvalue weighted by Crippen LogP contribution is 2.65. The third-order valence-electron chi connectivity index (χ3n) is 8.19. The molecular weight excluding hydrogens is 412 g/mol. The van der Waals surface area contributed by atoms with E-state index in [1.165, 1.54) is 55.3 Å². The number of carbonyl (C=O) groups is 1. The van der Waals surface area contributed by atoms with Crippen LogP contribution in [0, 0.1) is 31.1 Å². The second-order valence-electron chi connectivity index (χ2n) is 10.4. The molecule has 3 nitrogen and oxygen atoms in total. The molecule has 0 N–H and O–H groups in total. The van der Waals surface area contributed by atoms with E-state index >= 15 is 0 Å². The van der Waals surface area contributed by atoms with Crippen LogP contribution in [0.5, 0.6) is 0 Å². The molecule has 4 bridgehead atoms. The highest BCUT2D eigenvalue weighted by Gasteiger charge is 2.57. The largest absolute Gasteiger partial charge is 0.368 e. The van der Waals surface area contributed by atoms with Crippen molar-refractivity contribution in [1.82, 2.24) is 4.90 Å². The van der Waals surface area contributed by atoms with Crippen LogP contribution < -0.4 is 4.90 Å². The van der Waals surface area contributed by atoms with Gasteiger partial charge in [-0.05, 0) is 86.8 Å². The van der Waals surface area contributed by atoms with Crippen molar-refractivity contribution in [2.75, 3.05) is 31.1 Å². The third kappa shape index (κ3) is 3.30. The maximum absolute atomic E-state index is 13.2. The number of carbonyl (C=O) groups excluding carboxylic acids is 1. The number of hydrogen-bond acceptors (Lipinski definition) is 2. The van der Waals surface area contributed by atoms with Gasteiger partial charge in [0.25, 0.3) is 0 Å². The average Bonchev–Trinajstić information content (AvgIpc) is 2.62. The van der Waals surface area contributed by atoms with E-state index in [-0.39, 0.29) is 5.41 Å². The van der Waals surface area contributed by atoms with E-state index in [2.05, 4.69) is 57.8 Å². The average molecular weight is 445 g/mol.